The van der Waals surface area contributed by atoms with Crippen molar-refractivity contribution in [2.24, 2.45) is 0 Å². The molecule has 0 atom stereocenters. The van der Waals surface area contributed by atoms with Crippen LogP contribution in [0.5, 0.6) is 0 Å². The third-order valence-corrected chi connectivity index (χ3v) is 2.80. The van der Waals surface area contributed by atoms with Crippen LogP contribution in [-0.4, -0.2) is 10.1 Å². The molecule has 0 spiro atoms. The van der Waals surface area contributed by atoms with E-state index in [1.165, 1.54) is 0 Å². The first-order chi connectivity index (χ1) is 9.27. The van der Waals surface area contributed by atoms with Gasteiger partial charge in [-0.1, -0.05) is 5.16 Å². The van der Waals surface area contributed by atoms with Crippen LogP contribution in [0, 0.1) is 13.8 Å². The maximum atomic E-state index is 12.7. The Hall–Kier alpha value is -2.25. The standard InChI is InChI=1S/C12H13F3N4O/c1-6-9(7(2)20-19-6)5-17-11-4-8(12(13,14)15)3-10(16)18-11/h3-4H,5H2,1-2H3,(H3,16,17,18). The normalized spacial score (nSPS) is 11.7. The van der Waals surface area contributed by atoms with Crippen molar-refractivity contribution in [2.75, 3.05) is 11.1 Å². The van der Waals surface area contributed by atoms with Gasteiger partial charge >= 0.3 is 6.18 Å². The fourth-order valence-electron chi connectivity index (χ4n) is 1.74. The number of hydrogen-bond donors (Lipinski definition) is 2. The summed E-state index contributed by atoms with van der Waals surface area (Å²) in [5.41, 5.74) is 6.00. The highest BCUT2D eigenvalue weighted by Crippen LogP contribution is 2.31. The van der Waals surface area contributed by atoms with Gasteiger partial charge in [0.2, 0.25) is 0 Å². The number of nitrogens with two attached hydrogens (primary N) is 1. The zero-order valence-corrected chi connectivity index (χ0v) is 10.9. The number of anilines is 2. The predicted molar refractivity (Wildman–Crippen MR) is 67.0 cm³/mol. The number of nitrogen functional groups attached to an aromatic ring is 1. The quantitative estimate of drug-likeness (QED) is 0.907. The number of rotatable bonds is 3. The molecule has 2 heterocycles. The fraction of sp³-hybridized carbons (Fsp3) is 0.333. The van der Waals surface area contributed by atoms with Crippen molar-refractivity contribution in [3.05, 3.63) is 34.7 Å². The Morgan fingerprint density at radius 2 is 2.00 bits per heavy atom. The molecule has 108 valence electrons. The lowest BCUT2D eigenvalue weighted by atomic mass is 10.2. The number of nitrogens with one attached hydrogen (secondary N) is 1. The Kier molecular flexibility index (Phi) is 3.56. The van der Waals surface area contributed by atoms with Crippen molar-refractivity contribution in [1.29, 1.82) is 0 Å². The minimum Gasteiger partial charge on any atom is -0.384 e. The molecule has 0 fully saturated rings. The maximum Gasteiger partial charge on any atom is 0.416 e. The van der Waals surface area contributed by atoms with E-state index in [1.54, 1.807) is 13.8 Å². The van der Waals surface area contributed by atoms with Crippen LogP contribution in [0.1, 0.15) is 22.6 Å². The predicted octanol–water partition coefficient (Wildman–Crippen LogP) is 2.90. The SMILES string of the molecule is Cc1noc(C)c1CNc1cc(C(F)(F)F)cc(N)n1. The third kappa shape index (κ3) is 3.01. The molecule has 20 heavy (non-hydrogen) atoms. The minimum atomic E-state index is -4.46. The van der Waals surface area contributed by atoms with Gasteiger partial charge in [-0.05, 0) is 26.0 Å². The van der Waals surface area contributed by atoms with E-state index in [2.05, 4.69) is 15.5 Å². The summed E-state index contributed by atoms with van der Waals surface area (Å²) < 4.78 is 42.9. The van der Waals surface area contributed by atoms with Crippen LogP contribution < -0.4 is 11.1 Å². The average Bonchev–Trinajstić information content (AvgIpc) is 2.65. The van der Waals surface area contributed by atoms with E-state index in [0.717, 1.165) is 17.7 Å². The number of hydrogen-bond acceptors (Lipinski definition) is 5. The van der Waals surface area contributed by atoms with Crippen molar-refractivity contribution in [3.63, 3.8) is 0 Å². The molecule has 2 aromatic rings. The molecule has 2 aromatic heterocycles. The number of alkyl halides is 3. The largest absolute Gasteiger partial charge is 0.416 e. The van der Waals surface area contributed by atoms with Gasteiger partial charge in [0.1, 0.15) is 17.4 Å². The molecule has 0 amide bonds. The zero-order chi connectivity index (χ0) is 14.9. The number of halogens is 3. The molecule has 0 unspecified atom stereocenters. The molecular formula is C12H13F3N4O. The number of pyridine rings is 1. The fourth-order valence-corrected chi connectivity index (χ4v) is 1.74. The molecule has 0 saturated carbocycles. The summed E-state index contributed by atoms with van der Waals surface area (Å²) in [5, 5.41) is 6.55. The monoisotopic (exact) mass is 286 g/mol. The minimum absolute atomic E-state index is 0.0531. The summed E-state index contributed by atoms with van der Waals surface area (Å²) in [7, 11) is 0. The highest BCUT2D eigenvalue weighted by Gasteiger charge is 2.31. The van der Waals surface area contributed by atoms with Gasteiger partial charge in [0.25, 0.3) is 0 Å². The summed E-state index contributed by atoms with van der Waals surface area (Å²) in [5.74, 6) is 0.466. The highest BCUT2D eigenvalue weighted by atomic mass is 19.4. The van der Waals surface area contributed by atoms with Crippen LogP contribution >= 0.6 is 0 Å². The van der Waals surface area contributed by atoms with Crippen molar-refractivity contribution in [1.82, 2.24) is 10.1 Å². The number of aryl methyl sites for hydroxylation is 2. The first-order valence-corrected chi connectivity index (χ1v) is 5.77. The molecule has 0 aromatic carbocycles. The second-order valence-corrected chi connectivity index (χ2v) is 4.32. The molecule has 5 nitrogen and oxygen atoms in total. The summed E-state index contributed by atoms with van der Waals surface area (Å²) >= 11 is 0. The Balaban J connectivity index is 2.20. The Morgan fingerprint density at radius 1 is 1.30 bits per heavy atom. The second kappa shape index (κ2) is 5.03. The Morgan fingerprint density at radius 3 is 2.55 bits per heavy atom. The molecule has 0 aliphatic carbocycles. The van der Waals surface area contributed by atoms with Gasteiger partial charge in [-0.2, -0.15) is 13.2 Å². The molecule has 2 rings (SSSR count). The molecule has 0 aliphatic rings. The lowest BCUT2D eigenvalue weighted by Gasteiger charge is -2.11. The van der Waals surface area contributed by atoms with E-state index in [0.29, 0.717) is 11.5 Å². The average molecular weight is 286 g/mol. The summed E-state index contributed by atoms with van der Waals surface area (Å²) in [6, 6.07) is 1.70. The first kappa shape index (κ1) is 14.2. The van der Waals surface area contributed by atoms with Crippen molar-refractivity contribution >= 4 is 11.6 Å². The second-order valence-electron chi connectivity index (χ2n) is 4.32. The van der Waals surface area contributed by atoms with Gasteiger partial charge in [-0.15, -0.1) is 0 Å². The maximum absolute atomic E-state index is 12.7. The summed E-state index contributed by atoms with van der Waals surface area (Å²) in [6.07, 6.45) is -4.46. The van der Waals surface area contributed by atoms with Crippen LogP contribution in [0.25, 0.3) is 0 Å². The lowest BCUT2D eigenvalue weighted by Crippen LogP contribution is -2.10. The summed E-state index contributed by atoms with van der Waals surface area (Å²) in [4.78, 5) is 3.82. The summed E-state index contributed by atoms with van der Waals surface area (Å²) in [6.45, 7) is 3.74. The highest BCUT2D eigenvalue weighted by molar-refractivity contribution is 5.48. The van der Waals surface area contributed by atoms with E-state index in [4.69, 9.17) is 10.3 Å². The van der Waals surface area contributed by atoms with Gasteiger partial charge < -0.3 is 15.6 Å². The zero-order valence-electron chi connectivity index (χ0n) is 10.9. The Bertz CT molecular complexity index is 602. The van der Waals surface area contributed by atoms with E-state index >= 15 is 0 Å². The topological polar surface area (TPSA) is 77.0 Å². The molecule has 3 N–H and O–H groups in total. The Labute approximate surface area is 113 Å². The van der Waals surface area contributed by atoms with Gasteiger partial charge in [-0.3, -0.25) is 0 Å². The van der Waals surface area contributed by atoms with Gasteiger partial charge in [-0.25, -0.2) is 4.98 Å². The smallest absolute Gasteiger partial charge is 0.384 e. The van der Waals surface area contributed by atoms with E-state index < -0.39 is 11.7 Å². The number of aromatic nitrogens is 2. The van der Waals surface area contributed by atoms with Gasteiger partial charge in [0.15, 0.2) is 0 Å². The molecule has 8 heteroatoms. The molecule has 0 bridgehead atoms. The molecular weight excluding hydrogens is 273 g/mol. The molecule has 0 saturated heterocycles. The molecule has 0 radical (unpaired) electrons. The van der Waals surface area contributed by atoms with Crippen LogP contribution in [0.2, 0.25) is 0 Å². The van der Waals surface area contributed by atoms with Crippen LogP contribution in [0.4, 0.5) is 24.8 Å². The van der Waals surface area contributed by atoms with Gasteiger partial charge in [0.05, 0.1) is 11.3 Å². The lowest BCUT2D eigenvalue weighted by molar-refractivity contribution is -0.137. The van der Waals surface area contributed by atoms with Crippen molar-refractivity contribution < 1.29 is 17.7 Å². The van der Waals surface area contributed by atoms with Crippen molar-refractivity contribution in [2.45, 2.75) is 26.6 Å². The van der Waals surface area contributed by atoms with Crippen LogP contribution in [0.15, 0.2) is 16.7 Å². The van der Waals surface area contributed by atoms with E-state index in [-0.39, 0.29) is 18.2 Å². The van der Waals surface area contributed by atoms with Crippen molar-refractivity contribution in [3.8, 4) is 0 Å². The first-order valence-electron chi connectivity index (χ1n) is 5.77. The van der Waals surface area contributed by atoms with Crippen LogP contribution in [-0.2, 0) is 12.7 Å². The van der Waals surface area contributed by atoms with Crippen LogP contribution in [0.3, 0.4) is 0 Å². The number of nitrogens with zero attached hydrogens (tertiary/aromatic N) is 2. The third-order valence-electron chi connectivity index (χ3n) is 2.80. The van der Waals surface area contributed by atoms with E-state index in [1.807, 2.05) is 0 Å². The van der Waals surface area contributed by atoms with Gasteiger partial charge in [0, 0.05) is 12.1 Å². The molecule has 0 aliphatic heterocycles. The van der Waals surface area contributed by atoms with E-state index in [9.17, 15) is 13.2 Å².